The van der Waals surface area contributed by atoms with Gasteiger partial charge in [0.05, 0.1) is 11.3 Å². The number of benzene rings is 1. The smallest absolute Gasteiger partial charge is 0.230 e. The Morgan fingerprint density at radius 2 is 2.00 bits per heavy atom. The maximum atomic E-state index is 11.9. The minimum absolute atomic E-state index is 0.0351. The Morgan fingerprint density at radius 1 is 1.17 bits per heavy atom. The van der Waals surface area contributed by atoms with Crippen molar-refractivity contribution in [1.29, 1.82) is 0 Å². The standard InChI is InChI=1S/C17H24N4OS/c1-3-5-8-11-19-15(22)12-23-17-20-14-10-7-6-9-13(14)16(21-17)18-4-2/h6-7,9-10H,3-5,8,11-12H2,1-2H3,(H,19,22)(H,18,20,21). The maximum absolute atomic E-state index is 11.9. The predicted octanol–water partition coefficient (Wildman–Crippen LogP) is 3.46. The molecule has 0 aliphatic heterocycles. The van der Waals surface area contributed by atoms with Gasteiger partial charge in [0.15, 0.2) is 5.16 Å². The molecule has 1 aromatic carbocycles. The molecular formula is C17H24N4OS. The Bertz CT molecular complexity index is 648. The van der Waals surface area contributed by atoms with Crippen molar-refractivity contribution in [3.05, 3.63) is 24.3 Å². The topological polar surface area (TPSA) is 66.9 Å². The SMILES string of the molecule is CCCCCNC(=O)CSc1nc(NCC)c2ccccc2n1. The molecule has 1 amide bonds. The van der Waals surface area contributed by atoms with Gasteiger partial charge in [-0.05, 0) is 25.5 Å². The second-order valence-corrected chi connectivity index (χ2v) is 6.19. The van der Waals surface area contributed by atoms with E-state index < -0.39 is 0 Å². The average Bonchev–Trinajstić information content (AvgIpc) is 2.57. The number of fused-ring (bicyclic) bond motifs is 1. The summed E-state index contributed by atoms with van der Waals surface area (Å²) in [6.07, 6.45) is 3.33. The minimum Gasteiger partial charge on any atom is -0.370 e. The summed E-state index contributed by atoms with van der Waals surface area (Å²) in [5.74, 6) is 1.20. The Morgan fingerprint density at radius 3 is 2.78 bits per heavy atom. The van der Waals surface area contributed by atoms with Gasteiger partial charge in [-0.25, -0.2) is 9.97 Å². The molecule has 0 radical (unpaired) electrons. The van der Waals surface area contributed by atoms with Crippen molar-refractivity contribution >= 4 is 34.4 Å². The number of hydrogen-bond acceptors (Lipinski definition) is 5. The summed E-state index contributed by atoms with van der Waals surface area (Å²) in [4.78, 5) is 20.9. The highest BCUT2D eigenvalue weighted by atomic mass is 32.2. The molecule has 1 heterocycles. The number of para-hydroxylation sites is 1. The summed E-state index contributed by atoms with van der Waals surface area (Å²) in [5.41, 5.74) is 0.893. The second-order valence-electron chi connectivity index (χ2n) is 5.25. The van der Waals surface area contributed by atoms with Crippen LogP contribution in [0.5, 0.6) is 0 Å². The Balaban J connectivity index is 1.98. The first-order valence-corrected chi connectivity index (χ1v) is 9.13. The number of amides is 1. The van der Waals surface area contributed by atoms with Crippen LogP contribution in [0.2, 0.25) is 0 Å². The number of anilines is 1. The van der Waals surface area contributed by atoms with Gasteiger partial charge in [-0.15, -0.1) is 0 Å². The van der Waals surface area contributed by atoms with Crippen LogP contribution in [-0.2, 0) is 4.79 Å². The molecule has 1 aromatic heterocycles. The quantitative estimate of drug-likeness (QED) is 0.418. The Hall–Kier alpha value is -1.82. The van der Waals surface area contributed by atoms with Crippen LogP contribution in [0.3, 0.4) is 0 Å². The third-order valence-corrected chi connectivity index (χ3v) is 4.21. The number of unbranched alkanes of at least 4 members (excludes halogenated alkanes) is 2. The van der Waals surface area contributed by atoms with Crippen LogP contribution < -0.4 is 10.6 Å². The molecule has 2 rings (SSSR count). The molecule has 0 saturated heterocycles. The van der Waals surface area contributed by atoms with Crippen molar-refractivity contribution in [3.63, 3.8) is 0 Å². The number of nitrogens with zero attached hydrogens (tertiary/aromatic N) is 2. The Kier molecular flexibility index (Phi) is 7.13. The summed E-state index contributed by atoms with van der Waals surface area (Å²) in [5, 5.41) is 7.83. The lowest BCUT2D eigenvalue weighted by molar-refractivity contribution is -0.118. The van der Waals surface area contributed by atoms with E-state index in [-0.39, 0.29) is 5.91 Å². The van der Waals surface area contributed by atoms with Gasteiger partial charge in [-0.3, -0.25) is 4.79 Å². The van der Waals surface area contributed by atoms with Gasteiger partial charge in [-0.1, -0.05) is 43.7 Å². The van der Waals surface area contributed by atoms with E-state index in [9.17, 15) is 4.79 Å². The zero-order chi connectivity index (χ0) is 16.5. The van der Waals surface area contributed by atoms with E-state index in [4.69, 9.17) is 0 Å². The molecule has 0 unspecified atom stereocenters. The maximum Gasteiger partial charge on any atom is 0.230 e. The number of carbonyl (C=O) groups excluding carboxylic acids is 1. The molecule has 0 atom stereocenters. The molecule has 0 spiro atoms. The number of hydrogen-bond donors (Lipinski definition) is 2. The molecule has 2 aromatic rings. The van der Waals surface area contributed by atoms with Gasteiger partial charge >= 0.3 is 0 Å². The number of carbonyl (C=O) groups is 1. The molecule has 0 saturated carbocycles. The normalized spacial score (nSPS) is 10.7. The van der Waals surface area contributed by atoms with Crippen molar-refractivity contribution in [3.8, 4) is 0 Å². The highest BCUT2D eigenvalue weighted by Gasteiger charge is 2.09. The minimum atomic E-state index is 0.0351. The van der Waals surface area contributed by atoms with E-state index in [0.717, 1.165) is 49.1 Å². The zero-order valence-corrected chi connectivity index (χ0v) is 14.6. The van der Waals surface area contributed by atoms with Crippen LogP contribution in [0.15, 0.2) is 29.4 Å². The van der Waals surface area contributed by atoms with Crippen LogP contribution in [0.4, 0.5) is 5.82 Å². The zero-order valence-electron chi connectivity index (χ0n) is 13.8. The van der Waals surface area contributed by atoms with Gasteiger partial charge in [0.2, 0.25) is 5.91 Å². The lowest BCUT2D eigenvalue weighted by atomic mass is 10.2. The third kappa shape index (κ3) is 5.39. The number of rotatable bonds is 9. The van der Waals surface area contributed by atoms with Crippen molar-refractivity contribution in [1.82, 2.24) is 15.3 Å². The predicted molar refractivity (Wildman–Crippen MR) is 97.0 cm³/mol. The fourth-order valence-electron chi connectivity index (χ4n) is 2.21. The lowest BCUT2D eigenvalue weighted by Crippen LogP contribution is -2.26. The van der Waals surface area contributed by atoms with Crippen molar-refractivity contribution in [2.75, 3.05) is 24.2 Å². The molecule has 0 bridgehead atoms. The molecule has 0 aliphatic carbocycles. The van der Waals surface area contributed by atoms with Crippen molar-refractivity contribution < 1.29 is 4.79 Å². The molecule has 0 aliphatic rings. The van der Waals surface area contributed by atoms with Crippen LogP contribution in [-0.4, -0.2) is 34.7 Å². The largest absolute Gasteiger partial charge is 0.370 e. The monoisotopic (exact) mass is 332 g/mol. The van der Waals surface area contributed by atoms with Crippen molar-refractivity contribution in [2.24, 2.45) is 0 Å². The fourth-order valence-corrected chi connectivity index (χ4v) is 2.89. The fraction of sp³-hybridized carbons (Fsp3) is 0.471. The van der Waals surface area contributed by atoms with Gasteiger partial charge in [0.1, 0.15) is 5.82 Å². The van der Waals surface area contributed by atoms with Crippen LogP contribution >= 0.6 is 11.8 Å². The van der Waals surface area contributed by atoms with E-state index >= 15 is 0 Å². The molecule has 124 valence electrons. The first kappa shape index (κ1) is 17.5. The van der Waals surface area contributed by atoms with E-state index in [0.29, 0.717) is 10.9 Å². The molecule has 23 heavy (non-hydrogen) atoms. The van der Waals surface area contributed by atoms with Gasteiger partial charge < -0.3 is 10.6 Å². The summed E-state index contributed by atoms with van der Waals surface area (Å²) < 4.78 is 0. The molecule has 0 fully saturated rings. The Labute approximate surface area is 141 Å². The first-order valence-electron chi connectivity index (χ1n) is 8.14. The van der Waals surface area contributed by atoms with Crippen LogP contribution in [0, 0.1) is 0 Å². The summed E-state index contributed by atoms with van der Waals surface area (Å²) >= 11 is 1.37. The number of thioether (sulfide) groups is 1. The summed E-state index contributed by atoms with van der Waals surface area (Å²) in [7, 11) is 0. The van der Waals surface area contributed by atoms with Crippen LogP contribution in [0.25, 0.3) is 10.9 Å². The second kappa shape index (κ2) is 9.35. The van der Waals surface area contributed by atoms with Crippen molar-refractivity contribution in [2.45, 2.75) is 38.3 Å². The highest BCUT2D eigenvalue weighted by molar-refractivity contribution is 7.99. The molecule has 2 N–H and O–H groups in total. The van der Waals surface area contributed by atoms with E-state index in [1.54, 1.807) is 0 Å². The van der Waals surface area contributed by atoms with Gasteiger partial charge in [-0.2, -0.15) is 0 Å². The van der Waals surface area contributed by atoms with E-state index in [1.165, 1.54) is 11.8 Å². The lowest BCUT2D eigenvalue weighted by Gasteiger charge is -2.09. The van der Waals surface area contributed by atoms with Gasteiger partial charge in [0.25, 0.3) is 0 Å². The third-order valence-electron chi connectivity index (χ3n) is 3.36. The summed E-state index contributed by atoms with van der Waals surface area (Å²) in [6, 6.07) is 7.90. The van der Waals surface area contributed by atoms with E-state index in [2.05, 4.69) is 27.5 Å². The molecule has 5 nitrogen and oxygen atoms in total. The van der Waals surface area contributed by atoms with Gasteiger partial charge in [0, 0.05) is 18.5 Å². The molecular weight excluding hydrogens is 308 g/mol. The highest BCUT2D eigenvalue weighted by Crippen LogP contribution is 2.24. The van der Waals surface area contributed by atoms with Crippen LogP contribution in [0.1, 0.15) is 33.1 Å². The summed E-state index contributed by atoms with van der Waals surface area (Å²) in [6.45, 7) is 5.72. The van der Waals surface area contributed by atoms with E-state index in [1.807, 2.05) is 31.2 Å². The number of nitrogens with one attached hydrogen (secondary N) is 2. The number of aromatic nitrogens is 2. The molecule has 6 heteroatoms. The average molecular weight is 332 g/mol. The first-order chi connectivity index (χ1) is 11.2.